The van der Waals surface area contributed by atoms with E-state index in [4.69, 9.17) is 11.6 Å². The molecule has 4 nitrogen and oxygen atoms in total. The third kappa shape index (κ3) is 3.26. The van der Waals surface area contributed by atoms with Crippen molar-refractivity contribution in [1.82, 2.24) is 15.0 Å². The standard InChI is InChI=1S/C16H12BrClN4/c1-10-12(17)3-2-4-13(10)20-15-9-14(18)21-16(22-15)11-5-7-19-8-6-11/h2-9H,1H3,(H,20,21,22). The topological polar surface area (TPSA) is 50.7 Å². The van der Waals surface area contributed by atoms with E-state index in [0.29, 0.717) is 16.8 Å². The Balaban J connectivity index is 1.98. The predicted molar refractivity (Wildman–Crippen MR) is 92.4 cm³/mol. The molecule has 3 aromatic rings. The van der Waals surface area contributed by atoms with Crippen LogP contribution in [0.2, 0.25) is 5.15 Å². The molecule has 2 heterocycles. The number of hydrogen-bond donors (Lipinski definition) is 1. The second-order valence-electron chi connectivity index (χ2n) is 4.67. The van der Waals surface area contributed by atoms with Gasteiger partial charge in [-0.05, 0) is 36.8 Å². The van der Waals surface area contributed by atoms with Crippen molar-refractivity contribution in [2.75, 3.05) is 5.32 Å². The average molecular weight is 376 g/mol. The molecule has 1 aromatic carbocycles. The van der Waals surface area contributed by atoms with Crippen LogP contribution in [0.5, 0.6) is 0 Å². The van der Waals surface area contributed by atoms with Crippen LogP contribution in [0.4, 0.5) is 11.5 Å². The van der Waals surface area contributed by atoms with Crippen LogP contribution < -0.4 is 5.32 Å². The number of benzene rings is 1. The Kier molecular flexibility index (Phi) is 4.36. The van der Waals surface area contributed by atoms with Crippen LogP contribution in [-0.4, -0.2) is 15.0 Å². The summed E-state index contributed by atoms with van der Waals surface area (Å²) in [4.78, 5) is 12.8. The van der Waals surface area contributed by atoms with Crippen LogP contribution >= 0.6 is 27.5 Å². The van der Waals surface area contributed by atoms with Crippen molar-refractivity contribution in [1.29, 1.82) is 0 Å². The molecule has 2 aromatic heterocycles. The van der Waals surface area contributed by atoms with Crippen molar-refractivity contribution in [3.05, 3.63) is 64.0 Å². The van der Waals surface area contributed by atoms with Gasteiger partial charge in [0.15, 0.2) is 5.82 Å². The minimum Gasteiger partial charge on any atom is -0.340 e. The van der Waals surface area contributed by atoms with E-state index < -0.39 is 0 Å². The fraction of sp³-hybridized carbons (Fsp3) is 0.0625. The smallest absolute Gasteiger partial charge is 0.163 e. The summed E-state index contributed by atoms with van der Waals surface area (Å²) in [5.41, 5.74) is 2.93. The maximum Gasteiger partial charge on any atom is 0.163 e. The number of aromatic nitrogens is 3. The Morgan fingerprint density at radius 3 is 2.64 bits per heavy atom. The molecule has 0 saturated carbocycles. The molecule has 0 amide bonds. The molecule has 0 atom stereocenters. The van der Waals surface area contributed by atoms with Gasteiger partial charge in [-0.15, -0.1) is 0 Å². The zero-order valence-electron chi connectivity index (χ0n) is 11.7. The van der Waals surface area contributed by atoms with Gasteiger partial charge < -0.3 is 5.32 Å². The molecular weight excluding hydrogens is 364 g/mol. The van der Waals surface area contributed by atoms with Crippen molar-refractivity contribution in [3.63, 3.8) is 0 Å². The molecule has 0 radical (unpaired) electrons. The van der Waals surface area contributed by atoms with Crippen molar-refractivity contribution < 1.29 is 0 Å². The van der Waals surface area contributed by atoms with E-state index in [2.05, 4.69) is 36.2 Å². The van der Waals surface area contributed by atoms with E-state index in [1.54, 1.807) is 18.5 Å². The first-order valence-corrected chi connectivity index (χ1v) is 7.78. The summed E-state index contributed by atoms with van der Waals surface area (Å²) in [5.74, 6) is 1.21. The van der Waals surface area contributed by atoms with Gasteiger partial charge in [0, 0.05) is 34.2 Å². The minimum atomic E-state index is 0.386. The van der Waals surface area contributed by atoms with Crippen LogP contribution in [0.1, 0.15) is 5.56 Å². The Morgan fingerprint density at radius 2 is 1.86 bits per heavy atom. The van der Waals surface area contributed by atoms with Crippen LogP contribution in [-0.2, 0) is 0 Å². The molecule has 0 aliphatic carbocycles. The summed E-state index contributed by atoms with van der Waals surface area (Å²) in [5, 5.41) is 3.67. The third-order valence-electron chi connectivity index (χ3n) is 3.16. The van der Waals surface area contributed by atoms with E-state index in [0.717, 1.165) is 21.3 Å². The summed E-state index contributed by atoms with van der Waals surface area (Å²) in [7, 11) is 0. The second-order valence-corrected chi connectivity index (χ2v) is 5.91. The van der Waals surface area contributed by atoms with E-state index in [9.17, 15) is 0 Å². The molecule has 22 heavy (non-hydrogen) atoms. The van der Waals surface area contributed by atoms with E-state index in [1.807, 2.05) is 37.3 Å². The number of pyridine rings is 1. The van der Waals surface area contributed by atoms with Crippen molar-refractivity contribution in [3.8, 4) is 11.4 Å². The molecule has 0 unspecified atom stereocenters. The summed E-state index contributed by atoms with van der Waals surface area (Å²) in [6.45, 7) is 2.03. The van der Waals surface area contributed by atoms with E-state index in [-0.39, 0.29) is 0 Å². The summed E-state index contributed by atoms with van der Waals surface area (Å²) >= 11 is 9.64. The molecule has 0 saturated heterocycles. The first-order valence-electron chi connectivity index (χ1n) is 6.60. The monoisotopic (exact) mass is 374 g/mol. The highest BCUT2D eigenvalue weighted by Crippen LogP contribution is 2.27. The number of anilines is 2. The minimum absolute atomic E-state index is 0.386. The number of hydrogen-bond acceptors (Lipinski definition) is 4. The van der Waals surface area contributed by atoms with Gasteiger partial charge in [-0.25, -0.2) is 9.97 Å². The van der Waals surface area contributed by atoms with Gasteiger partial charge in [0.25, 0.3) is 0 Å². The van der Waals surface area contributed by atoms with Crippen molar-refractivity contribution in [2.45, 2.75) is 6.92 Å². The lowest BCUT2D eigenvalue weighted by Gasteiger charge is -2.11. The Labute approximate surface area is 141 Å². The lowest BCUT2D eigenvalue weighted by molar-refractivity contribution is 1.17. The molecule has 0 bridgehead atoms. The lowest BCUT2D eigenvalue weighted by atomic mass is 10.2. The van der Waals surface area contributed by atoms with Gasteiger partial charge in [-0.3, -0.25) is 4.98 Å². The van der Waals surface area contributed by atoms with Crippen LogP contribution in [0.15, 0.2) is 53.3 Å². The fourth-order valence-corrected chi connectivity index (χ4v) is 2.54. The molecule has 3 rings (SSSR count). The molecule has 1 N–H and O–H groups in total. The van der Waals surface area contributed by atoms with Gasteiger partial charge in [-0.2, -0.15) is 0 Å². The molecule has 6 heteroatoms. The quantitative estimate of drug-likeness (QED) is 0.654. The number of nitrogens with zero attached hydrogens (tertiary/aromatic N) is 3. The first-order chi connectivity index (χ1) is 10.6. The van der Waals surface area contributed by atoms with Crippen LogP contribution in [0, 0.1) is 6.92 Å². The van der Waals surface area contributed by atoms with E-state index in [1.165, 1.54) is 0 Å². The maximum absolute atomic E-state index is 6.12. The second kappa shape index (κ2) is 6.42. The van der Waals surface area contributed by atoms with Crippen LogP contribution in [0.3, 0.4) is 0 Å². The third-order valence-corrected chi connectivity index (χ3v) is 4.22. The average Bonchev–Trinajstić information content (AvgIpc) is 2.52. The Hall–Kier alpha value is -1.98. The SMILES string of the molecule is Cc1c(Br)cccc1Nc1cc(Cl)nc(-c2ccncc2)n1. The van der Waals surface area contributed by atoms with Crippen molar-refractivity contribution in [2.24, 2.45) is 0 Å². The molecule has 0 fully saturated rings. The summed E-state index contributed by atoms with van der Waals surface area (Å²) in [6.07, 6.45) is 3.40. The molecule has 0 aliphatic heterocycles. The highest BCUT2D eigenvalue weighted by Gasteiger charge is 2.08. The summed E-state index contributed by atoms with van der Waals surface area (Å²) in [6, 6.07) is 11.3. The molecule has 110 valence electrons. The van der Waals surface area contributed by atoms with Gasteiger partial charge in [0.2, 0.25) is 0 Å². The summed E-state index contributed by atoms with van der Waals surface area (Å²) < 4.78 is 1.03. The first kappa shape index (κ1) is 14.9. The Morgan fingerprint density at radius 1 is 1.09 bits per heavy atom. The number of nitrogens with one attached hydrogen (secondary N) is 1. The molecular formula is C16H12BrClN4. The number of halogens is 2. The van der Waals surface area contributed by atoms with Crippen molar-refractivity contribution >= 4 is 39.0 Å². The zero-order valence-corrected chi connectivity index (χ0v) is 14.1. The number of rotatable bonds is 3. The normalized spacial score (nSPS) is 10.5. The lowest BCUT2D eigenvalue weighted by Crippen LogP contribution is -1.99. The highest BCUT2D eigenvalue weighted by molar-refractivity contribution is 9.10. The fourth-order valence-electron chi connectivity index (χ4n) is 1.99. The predicted octanol–water partition coefficient (Wildman–Crippen LogP) is 5.01. The van der Waals surface area contributed by atoms with Crippen LogP contribution in [0.25, 0.3) is 11.4 Å². The molecule has 0 spiro atoms. The molecule has 0 aliphatic rings. The highest BCUT2D eigenvalue weighted by atomic mass is 79.9. The van der Waals surface area contributed by atoms with Gasteiger partial charge in [-0.1, -0.05) is 33.6 Å². The largest absolute Gasteiger partial charge is 0.340 e. The van der Waals surface area contributed by atoms with Gasteiger partial charge in [0.05, 0.1) is 0 Å². The zero-order chi connectivity index (χ0) is 15.5. The Bertz CT molecular complexity index is 808. The van der Waals surface area contributed by atoms with E-state index >= 15 is 0 Å². The maximum atomic E-state index is 6.12. The van der Waals surface area contributed by atoms with Gasteiger partial charge >= 0.3 is 0 Å². The van der Waals surface area contributed by atoms with Gasteiger partial charge in [0.1, 0.15) is 11.0 Å².